The van der Waals surface area contributed by atoms with Gasteiger partial charge < -0.3 is 16.0 Å². The van der Waals surface area contributed by atoms with Crippen LogP contribution in [0, 0.1) is 12.3 Å². The molecule has 2 amide bonds. The predicted molar refractivity (Wildman–Crippen MR) is 121 cm³/mol. The number of nitrogens with one attached hydrogen (secondary N) is 1. The van der Waals surface area contributed by atoms with Gasteiger partial charge in [-0.1, -0.05) is 45.0 Å². The van der Waals surface area contributed by atoms with Crippen molar-refractivity contribution < 1.29 is 9.59 Å². The van der Waals surface area contributed by atoms with Crippen molar-refractivity contribution in [2.45, 2.75) is 65.6 Å². The van der Waals surface area contributed by atoms with Gasteiger partial charge >= 0.3 is 0 Å². The summed E-state index contributed by atoms with van der Waals surface area (Å²) in [4.78, 5) is 32.9. The van der Waals surface area contributed by atoms with E-state index in [2.05, 4.69) is 22.4 Å². The maximum absolute atomic E-state index is 13.0. The lowest BCUT2D eigenvalue weighted by atomic mass is 9.86. The monoisotopic (exact) mass is 428 g/mol. The molecule has 1 aliphatic rings. The minimum absolute atomic E-state index is 0.114. The molecule has 6 nitrogen and oxygen atoms in total. The lowest BCUT2D eigenvalue weighted by Gasteiger charge is -2.33. The predicted octanol–water partition coefficient (Wildman–Crippen LogP) is 3.66. The molecule has 7 heteroatoms. The third-order valence-corrected chi connectivity index (χ3v) is 6.79. The summed E-state index contributed by atoms with van der Waals surface area (Å²) >= 11 is 1.62. The Morgan fingerprint density at radius 1 is 1.27 bits per heavy atom. The summed E-state index contributed by atoms with van der Waals surface area (Å²) in [5.41, 5.74) is 10.8. The van der Waals surface area contributed by atoms with Crippen LogP contribution in [-0.2, 0) is 9.59 Å². The molecule has 0 aliphatic carbocycles. The number of hydrogen-bond donors (Lipinski definition) is 2. The van der Waals surface area contributed by atoms with E-state index in [4.69, 9.17) is 5.73 Å². The fraction of sp³-hybridized carbons (Fsp3) is 0.522. The number of aryl methyl sites for hydroxylation is 1. The highest BCUT2D eigenvalue weighted by atomic mass is 32.1. The molecule has 1 saturated heterocycles. The van der Waals surface area contributed by atoms with Gasteiger partial charge in [-0.25, -0.2) is 4.98 Å². The number of nitrogens with two attached hydrogens (primary N) is 1. The number of benzene rings is 1. The second-order valence-electron chi connectivity index (χ2n) is 9.15. The molecule has 162 valence electrons. The van der Waals surface area contributed by atoms with E-state index in [0.29, 0.717) is 13.0 Å². The number of likely N-dealkylation sites (tertiary alicyclic amines) is 1. The normalized spacial score (nSPS) is 18.9. The van der Waals surface area contributed by atoms with Crippen LogP contribution in [0.2, 0.25) is 0 Å². The van der Waals surface area contributed by atoms with Gasteiger partial charge in [-0.3, -0.25) is 9.59 Å². The molecule has 0 saturated carbocycles. The quantitative estimate of drug-likeness (QED) is 0.761. The van der Waals surface area contributed by atoms with Gasteiger partial charge in [-0.05, 0) is 43.2 Å². The summed E-state index contributed by atoms with van der Waals surface area (Å²) in [6.07, 6.45) is 1.49. The molecule has 2 unspecified atom stereocenters. The Hall–Kier alpha value is -2.25. The summed E-state index contributed by atoms with van der Waals surface area (Å²) < 4.78 is 0. The number of carbonyl (C=O) groups excluding carboxylic acids is 2. The number of carbonyl (C=O) groups is 2. The highest BCUT2D eigenvalue weighted by Crippen LogP contribution is 2.29. The maximum atomic E-state index is 13.0. The van der Waals surface area contributed by atoms with E-state index in [9.17, 15) is 9.59 Å². The summed E-state index contributed by atoms with van der Waals surface area (Å²) in [6.45, 7) is 10.4. The number of amides is 2. The maximum Gasteiger partial charge on any atom is 0.243 e. The Morgan fingerprint density at radius 3 is 2.50 bits per heavy atom. The third-order valence-electron chi connectivity index (χ3n) is 5.81. The van der Waals surface area contributed by atoms with Crippen molar-refractivity contribution in [1.82, 2.24) is 15.2 Å². The van der Waals surface area contributed by atoms with E-state index in [0.717, 1.165) is 28.1 Å². The molecular formula is C23H32N4O2S. The van der Waals surface area contributed by atoms with Crippen LogP contribution in [-0.4, -0.2) is 40.3 Å². The molecular weight excluding hydrogens is 396 g/mol. The van der Waals surface area contributed by atoms with E-state index in [-0.39, 0.29) is 23.3 Å². The lowest BCUT2D eigenvalue weighted by molar-refractivity contribution is -0.141. The SMILES string of the molecule is Cc1ncsc1-c1ccc([C@H](C)NC(=O)C2CCCN2C(=O)C(N)C(C)(C)C)cc1. The van der Waals surface area contributed by atoms with Crippen molar-refractivity contribution >= 4 is 23.2 Å². The average molecular weight is 429 g/mol. The van der Waals surface area contributed by atoms with E-state index in [1.807, 2.05) is 52.3 Å². The summed E-state index contributed by atoms with van der Waals surface area (Å²) in [6, 6.07) is 6.97. The molecule has 1 aromatic carbocycles. The van der Waals surface area contributed by atoms with Crippen molar-refractivity contribution in [2.24, 2.45) is 11.1 Å². The molecule has 1 aliphatic heterocycles. The minimum Gasteiger partial charge on any atom is -0.348 e. The second kappa shape index (κ2) is 8.86. The fourth-order valence-electron chi connectivity index (χ4n) is 3.75. The Balaban J connectivity index is 1.66. The van der Waals surface area contributed by atoms with Crippen LogP contribution >= 0.6 is 11.3 Å². The zero-order chi connectivity index (χ0) is 22.1. The number of thiazole rings is 1. The molecule has 2 heterocycles. The van der Waals surface area contributed by atoms with Gasteiger partial charge in [0.1, 0.15) is 6.04 Å². The Morgan fingerprint density at radius 2 is 1.93 bits per heavy atom. The first-order valence-corrected chi connectivity index (χ1v) is 11.3. The van der Waals surface area contributed by atoms with E-state index >= 15 is 0 Å². The molecule has 2 aromatic rings. The average Bonchev–Trinajstić information content (AvgIpc) is 3.35. The van der Waals surface area contributed by atoms with Gasteiger partial charge in [0.25, 0.3) is 0 Å². The first-order valence-electron chi connectivity index (χ1n) is 10.5. The number of hydrogen-bond acceptors (Lipinski definition) is 5. The zero-order valence-electron chi connectivity index (χ0n) is 18.4. The van der Waals surface area contributed by atoms with E-state index < -0.39 is 12.1 Å². The van der Waals surface area contributed by atoms with E-state index in [1.54, 1.807) is 16.2 Å². The number of nitrogens with zero attached hydrogens (tertiary/aromatic N) is 2. The van der Waals surface area contributed by atoms with Crippen molar-refractivity contribution in [2.75, 3.05) is 6.54 Å². The smallest absolute Gasteiger partial charge is 0.243 e. The van der Waals surface area contributed by atoms with Crippen molar-refractivity contribution in [3.05, 3.63) is 41.0 Å². The third kappa shape index (κ3) is 4.73. The van der Waals surface area contributed by atoms with Gasteiger partial charge in [0, 0.05) is 6.54 Å². The lowest BCUT2D eigenvalue weighted by Crippen LogP contribution is -2.55. The highest BCUT2D eigenvalue weighted by molar-refractivity contribution is 7.13. The van der Waals surface area contributed by atoms with E-state index in [1.165, 1.54) is 0 Å². The summed E-state index contributed by atoms with van der Waals surface area (Å²) in [5.74, 6) is -0.256. The molecule has 1 fully saturated rings. The van der Waals surface area contributed by atoms with Crippen LogP contribution in [0.3, 0.4) is 0 Å². The van der Waals surface area contributed by atoms with Crippen LogP contribution in [0.25, 0.3) is 10.4 Å². The molecule has 0 spiro atoms. The zero-order valence-corrected chi connectivity index (χ0v) is 19.3. The molecule has 0 bridgehead atoms. The molecule has 3 rings (SSSR count). The first-order chi connectivity index (χ1) is 14.1. The minimum atomic E-state index is -0.619. The molecule has 1 aromatic heterocycles. The van der Waals surface area contributed by atoms with Crippen LogP contribution < -0.4 is 11.1 Å². The van der Waals surface area contributed by atoms with Crippen molar-refractivity contribution in [3.63, 3.8) is 0 Å². The molecule has 3 N–H and O–H groups in total. The fourth-order valence-corrected chi connectivity index (χ4v) is 4.56. The number of rotatable bonds is 5. The van der Waals surface area contributed by atoms with Crippen LogP contribution in [0.1, 0.15) is 57.8 Å². The van der Waals surface area contributed by atoms with Gasteiger partial charge in [0.2, 0.25) is 11.8 Å². The Kier molecular flexibility index (Phi) is 6.62. The number of aromatic nitrogens is 1. The second-order valence-corrected chi connectivity index (χ2v) is 10.0. The Bertz CT molecular complexity index is 901. The van der Waals surface area contributed by atoms with Gasteiger partial charge in [-0.15, -0.1) is 11.3 Å². The molecule has 3 atom stereocenters. The summed E-state index contributed by atoms with van der Waals surface area (Å²) in [7, 11) is 0. The van der Waals surface area contributed by atoms with Crippen LogP contribution in [0.4, 0.5) is 0 Å². The Labute approximate surface area is 182 Å². The standard InChI is InChI=1S/C23H32N4O2S/c1-14(16-8-10-17(11-9-16)19-15(2)25-13-30-19)26-21(28)18-7-6-12-27(18)22(29)20(24)23(3,4)5/h8-11,13-14,18,20H,6-7,12,24H2,1-5H3,(H,26,28)/t14-,18?,20?/m0/s1. The van der Waals surface area contributed by atoms with Crippen molar-refractivity contribution in [1.29, 1.82) is 0 Å². The molecule has 30 heavy (non-hydrogen) atoms. The highest BCUT2D eigenvalue weighted by Gasteiger charge is 2.39. The first kappa shape index (κ1) is 22.4. The van der Waals surface area contributed by atoms with Crippen LogP contribution in [0.15, 0.2) is 29.8 Å². The van der Waals surface area contributed by atoms with Gasteiger partial charge in [0.15, 0.2) is 0 Å². The topological polar surface area (TPSA) is 88.3 Å². The van der Waals surface area contributed by atoms with Crippen molar-refractivity contribution in [3.8, 4) is 10.4 Å². The van der Waals surface area contributed by atoms with Crippen LogP contribution in [0.5, 0.6) is 0 Å². The van der Waals surface area contributed by atoms with Gasteiger partial charge in [-0.2, -0.15) is 0 Å². The summed E-state index contributed by atoms with van der Waals surface area (Å²) in [5, 5.41) is 3.08. The largest absolute Gasteiger partial charge is 0.348 e. The van der Waals surface area contributed by atoms with Gasteiger partial charge in [0.05, 0.1) is 28.2 Å². The molecule has 0 radical (unpaired) electrons.